The Balaban J connectivity index is 2.04. The van der Waals surface area contributed by atoms with Crippen LogP contribution in [0, 0.1) is 6.92 Å². The number of nitrogens with one attached hydrogen (secondary N) is 2. The van der Waals surface area contributed by atoms with Gasteiger partial charge in [0.25, 0.3) is 5.91 Å². The fourth-order valence-electron chi connectivity index (χ4n) is 1.79. The van der Waals surface area contributed by atoms with E-state index in [0.29, 0.717) is 12.1 Å². The van der Waals surface area contributed by atoms with Gasteiger partial charge in [0, 0.05) is 22.7 Å². The van der Waals surface area contributed by atoms with Gasteiger partial charge in [-0.15, -0.1) is 11.3 Å². The molecule has 4 nitrogen and oxygen atoms in total. The van der Waals surface area contributed by atoms with Gasteiger partial charge in [0.1, 0.15) is 5.82 Å². The van der Waals surface area contributed by atoms with Crippen molar-refractivity contribution in [2.45, 2.75) is 20.4 Å². The molecule has 2 rings (SSSR count). The summed E-state index contributed by atoms with van der Waals surface area (Å²) in [6, 6.07) is 7.54. The number of thiophene rings is 1. The molecule has 2 N–H and O–H groups in total. The maximum atomic E-state index is 12.2. The van der Waals surface area contributed by atoms with Crippen LogP contribution >= 0.6 is 27.3 Å². The summed E-state index contributed by atoms with van der Waals surface area (Å²) in [5.74, 6) is 0.649. The molecule has 1 amide bonds. The number of anilines is 1. The Morgan fingerprint density at radius 1 is 1.40 bits per heavy atom. The van der Waals surface area contributed by atoms with Gasteiger partial charge in [0.2, 0.25) is 0 Å². The zero-order valence-corrected chi connectivity index (χ0v) is 13.8. The zero-order valence-electron chi connectivity index (χ0n) is 11.4. The van der Waals surface area contributed by atoms with Crippen LogP contribution in [0.3, 0.4) is 0 Å². The topological polar surface area (TPSA) is 54.0 Å². The molecule has 0 aliphatic rings. The van der Waals surface area contributed by atoms with E-state index < -0.39 is 0 Å². The Bertz CT molecular complexity index is 612. The van der Waals surface area contributed by atoms with Gasteiger partial charge in [-0.25, -0.2) is 4.98 Å². The maximum absolute atomic E-state index is 12.2. The lowest BCUT2D eigenvalue weighted by Crippen LogP contribution is -2.22. The normalized spacial score (nSPS) is 10.3. The summed E-state index contributed by atoms with van der Waals surface area (Å²) >= 11 is 5.03. The first-order chi connectivity index (χ1) is 9.58. The van der Waals surface area contributed by atoms with E-state index in [1.54, 1.807) is 23.5 Å². The molecule has 20 heavy (non-hydrogen) atoms. The highest BCUT2D eigenvalue weighted by Crippen LogP contribution is 2.21. The van der Waals surface area contributed by atoms with Gasteiger partial charge in [0.15, 0.2) is 0 Å². The summed E-state index contributed by atoms with van der Waals surface area (Å²) in [7, 11) is 0. The summed E-state index contributed by atoms with van der Waals surface area (Å²) in [5.41, 5.74) is 1.46. The van der Waals surface area contributed by atoms with Crippen LogP contribution in [0.5, 0.6) is 0 Å². The quantitative estimate of drug-likeness (QED) is 0.863. The van der Waals surface area contributed by atoms with Crippen molar-refractivity contribution >= 4 is 39.0 Å². The number of hydrogen-bond acceptors (Lipinski definition) is 4. The summed E-state index contributed by atoms with van der Waals surface area (Å²) in [5, 5.41) is 6.05. The summed E-state index contributed by atoms with van der Waals surface area (Å²) in [4.78, 5) is 17.6. The van der Waals surface area contributed by atoms with Gasteiger partial charge in [-0.2, -0.15) is 0 Å². The van der Waals surface area contributed by atoms with Crippen LogP contribution in [0.1, 0.15) is 27.9 Å². The number of hydrogen-bond donors (Lipinski definition) is 2. The fraction of sp³-hybridized carbons (Fsp3) is 0.286. The number of halogens is 1. The SMILES string of the molecule is CCNc1cc(C(=O)NCc2ccc(Br)s2)cc(C)n1. The van der Waals surface area contributed by atoms with Gasteiger partial charge in [0.05, 0.1) is 10.3 Å². The van der Waals surface area contributed by atoms with Crippen LogP contribution in [0.25, 0.3) is 0 Å². The van der Waals surface area contributed by atoms with Gasteiger partial charge in [-0.1, -0.05) is 0 Å². The molecule has 0 fully saturated rings. The molecular formula is C14H16BrN3OS. The third-order valence-corrected chi connectivity index (χ3v) is 4.25. The van der Waals surface area contributed by atoms with E-state index in [0.717, 1.165) is 26.7 Å². The molecule has 0 bridgehead atoms. The second kappa shape index (κ2) is 6.85. The monoisotopic (exact) mass is 353 g/mol. The Morgan fingerprint density at radius 2 is 2.20 bits per heavy atom. The van der Waals surface area contributed by atoms with E-state index in [9.17, 15) is 4.79 Å². The fourth-order valence-corrected chi connectivity index (χ4v) is 3.21. The average molecular weight is 354 g/mol. The second-order valence-corrected chi connectivity index (χ2v) is 6.85. The standard InChI is InChI=1S/C14H16BrN3OS/c1-3-16-13-7-10(6-9(2)18-13)14(19)17-8-11-4-5-12(15)20-11/h4-7H,3,8H2,1-2H3,(H,16,18)(H,17,19). The minimum Gasteiger partial charge on any atom is -0.370 e. The first-order valence-electron chi connectivity index (χ1n) is 6.33. The highest BCUT2D eigenvalue weighted by molar-refractivity contribution is 9.11. The molecular weight excluding hydrogens is 338 g/mol. The van der Waals surface area contributed by atoms with E-state index in [-0.39, 0.29) is 5.91 Å². The minimum absolute atomic E-state index is 0.0841. The first-order valence-corrected chi connectivity index (χ1v) is 7.94. The van der Waals surface area contributed by atoms with Crippen LogP contribution < -0.4 is 10.6 Å². The van der Waals surface area contributed by atoms with Crippen molar-refractivity contribution < 1.29 is 4.79 Å². The maximum Gasteiger partial charge on any atom is 0.251 e. The summed E-state index contributed by atoms with van der Waals surface area (Å²) in [6.45, 7) is 5.19. The molecule has 0 radical (unpaired) electrons. The lowest BCUT2D eigenvalue weighted by molar-refractivity contribution is 0.0951. The molecule has 2 aromatic rings. The lowest BCUT2D eigenvalue weighted by atomic mass is 10.2. The van der Waals surface area contributed by atoms with Crippen LogP contribution in [0.2, 0.25) is 0 Å². The number of carbonyl (C=O) groups excluding carboxylic acids is 1. The van der Waals surface area contributed by atoms with Crippen molar-refractivity contribution in [3.63, 3.8) is 0 Å². The van der Waals surface area contributed by atoms with Crippen LogP contribution in [0.4, 0.5) is 5.82 Å². The van der Waals surface area contributed by atoms with E-state index in [2.05, 4.69) is 31.5 Å². The smallest absolute Gasteiger partial charge is 0.251 e. The van der Waals surface area contributed by atoms with E-state index in [4.69, 9.17) is 0 Å². The molecule has 0 atom stereocenters. The number of aryl methyl sites for hydroxylation is 1. The molecule has 0 saturated heterocycles. The number of carbonyl (C=O) groups is 1. The second-order valence-electron chi connectivity index (χ2n) is 4.30. The van der Waals surface area contributed by atoms with Crippen molar-refractivity contribution in [3.8, 4) is 0 Å². The molecule has 0 aliphatic heterocycles. The van der Waals surface area contributed by atoms with Crippen LogP contribution in [0.15, 0.2) is 28.1 Å². The van der Waals surface area contributed by atoms with Crippen molar-refractivity contribution in [1.82, 2.24) is 10.3 Å². The Hall–Kier alpha value is -1.40. The third kappa shape index (κ3) is 4.05. The molecule has 0 unspecified atom stereocenters. The lowest BCUT2D eigenvalue weighted by Gasteiger charge is -2.08. The Morgan fingerprint density at radius 3 is 2.85 bits per heavy atom. The molecule has 0 spiro atoms. The van der Waals surface area contributed by atoms with E-state index in [1.807, 2.05) is 26.0 Å². The van der Waals surface area contributed by atoms with E-state index >= 15 is 0 Å². The number of rotatable bonds is 5. The van der Waals surface area contributed by atoms with Crippen LogP contribution in [-0.2, 0) is 6.54 Å². The molecule has 106 valence electrons. The van der Waals surface area contributed by atoms with Crippen molar-refractivity contribution in [3.05, 3.63) is 44.2 Å². The number of aromatic nitrogens is 1. The Labute approximate surface area is 130 Å². The van der Waals surface area contributed by atoms with Crippen LogP contribution in [-0.4, -0.2) is 17.4 Å². The molecule has 0 aliphatic carbocycles. The summed E-state index contributed by atoms with van der Waals surface area (Å²) < 4.78 is 1.07. The average Bonchev–Trinajstić information content (AvgIpc) is 2.81. The molecule has 2 aromatic heterocycles. The number of nitrogens with zero attached hydrogens (tertiary/aromatic N) is 1. The number of pyridine rings is 1. The highest BCUT2D eigenvalue weighted by atomic mass is 79.9. The molecule has 0 saturated carbocycles. The molecule has 0 aromatic carbocycles. The molecule has 2 heterocycles. The largest absolute Gasteiger partial charge is 0.370 e. The first kappa shape index (κ1) is 15.0. The van der Waals surface area contributed by atoms with Crippen molar-refractivity contribution in [1.29, 1.82) is 0 Å². The number of amides is 1. The van der Waals surface area contributed by atoms with Gasteiger partial charge in [-0.3, -0.25) is 4.79 Å². The van der Waals surface area contributed by atoms with E-state index in [1.165, 1.54) is 0 Å². The van der Waals surface area contributed by atoms with Gasteiger partial charge < -0.3 is 10.6 Å². The van der Waals surface area contributed by atoms with Crippen molar-refractivity contribution in [2.75, 3.05) is 11.9 Å². The highest BCUT2D eigenvalue weighted by Gasteiger charge is 2.09. The summed E-state index contributed by atoms with van der Waals surface area (Å²) in [6.07, 6.45) is 0. The molecule has 6 heteroatoms. The Kier molecular flexibility index (Phi) is 5.14. The van der Waals surface area contributed by atoms with Crippen molar-refractivity contribution in [2.24, 2.45) is 0 Å². The van der Waals surface area contributed by atoms with Gasteiger partial charge >= 0.3 is 0 Å². The predicted molar refractivity (Wildman–Crippen MR) is 86.3 cm³/mol. The van der Waals surface area contributed by atoms with Gasteiger partial charge in [-0.05, 0) is 54.0 Å². The minimum atomic E-state index is -0.0841. The predicted octanol–water partition coefficient (Wildman–Crippen LogP) is 3.58. The third-order valence-electron chi connectivity index (χ3n) is 2.63. The zero-order chi connectivity index (χ0) is 14.5.